The van der Waals surface area contributed by atoms with Crippen molar-refractivity contribution in [3.05, 3.63) is 407 Å². The lowest BCUT2D eigenvalue weighted by Crippen LogP contribution is -2.41. The Morgan fingerprint density at radius 2 is 0.728 bits per heavy atom. The highest BCUT2D eigenvalue weighted by atomic mass is 35.5. The van der Waals surface area contributed by atoms with Gasteiger partial charge in [0.2, 0.25) is 0 Å². The van der Waals surface area contributed by atoms with Gasteiger partial charge in [0.15, 0.2) is 6.29 Å². The number of ketones is 2. The van der Waals surface area contributed by atoms with E-state index in [1.807, 2.05) is 206 Å². The molecule has 0 amide bonds. The molecule has 0 radical (unpaired) electrons. The van der Waals surface area contributed by atoms with Gasteiger partial charge in [0.25, 0.3) is 17.5 Å². The molecule has 0 unspecified atom stereocenters. The molecule has 0 aliphatic carbocycles. The first-order valence-electron chi connectivity index (χ1n) is 42.6. The number of aromatic nitrogens is 14. The Balaban J connectivity index is 0.000000126. The molecule has 0 bridgehead atoms. The number of halogens is 5. The zero-order valence-electron chi connectivity index (χ0n) is 73.6. The van der Waals surface area contributed by atoms with Gasteiger partial charge >= 0.3 is 7.12 Å². The highest BCUT2D eigenvalue weighted by molar-refractivity contribution is 6.62. The lowest BCUT2D eigenvalue weighted by molar-refractivity contribution is -0.134. The number of carbonyl (C=O) groups is 4. The summed E-state index contributed by atoms with van der Waals surface area (Å²) in [5.74, 6) is -1.42. The van der Waals surface area contributed by atoms with Crippen molar-refractivity contribution in [2.45, 2.75) is 45.8 Å². The summed E-state index contributed by atoms with van der Waals surface area (Å²) in [6, 6.07) is 99.9. The van der Waals surface area contributed by atoms with E-state index in [9.17, 15) is 14.4 Å². The van der Waals surface area contributed by atoms with Gasteiger partial charge in [-0.1, -0.05) is 198 Å². The quantitative estimate of drug-likeness (QED) is 0.0299. The average Bonchev–Trinajstić information content (AvgIpc) is 1.54. The fourth-order valence-corrected chi connectivity index (χ4v) is 16.6. The monoisotopic (exact) mass is 1890 g/mol. The van der Waals surface area contributed by atoms with Crippen LogP contribution in [0.15, 0.2) is 365 Å². The lowest BCUT2D eigenvalue weighted by atomic mass is 9.78. The third-order valence-electron chi connectivity index (χ3n) is 22.5. The van der Waals surface area contributed by atoms with Gasteiger partial charge in [-0.2, -0.15) is 0 Å². The number of pyridine rings is 10. The Morgan fingerprint density at radius 1 is 0.360 bits per heavy atom. The van der Waals surface area contributed by atoms with Gasteiger partial charge in [-0.3, -0.25) is 67.9 Å². The normalized spacial score (nSPS) is 12.2. The van der Waals surface area contributed by atoms with E-state index in [0.717, 1.165) is 169 Å². The lowest BCUT2D eigenvalue weighted by Gasteiger charge is -2.32. The number of imidazole rings is 3. The second-order valence-electron chi connectivity index (χ2n) is 31.8. The van der Waals surface area contributed by atoms with E-state index in [1.54, 1.807) is 79.5 Å². The Labute approximate surface area is 806 Å². The largest absolute Gasteiger partial charge is 0.494 e. The van der Waals surface area contributed by atoms with Gasteiger partial charge < -0.3 is 25.5 Å². The molecule has 0 spiro atoms. The molecule has 5 N–H and O–H groups in total. The van der Waals surface area contributed by atoms with E-state index in [1.165, 1.54) is 24.5 Å². The van der Waals surface area contributed by atoms with Crippen LogP contribution in [-0.2, 0) is 14.1 Å². The van der Waals surface area contributed by atoms with Gasteiger partial charge in [-0.05, 0) is 231 Å². The Kier molecular flexibility index (Phi) is 28.7. The summed E-state index contributed by atoms with van der Waals surface area (Å²) in [5.41, 5.74) is 19.0. The molecule has 22 rings (SSSR count). The van der Waals surface area contributed by atoms with Crippen LogP contribution in [-0.4, -0.2) is 116 Å². The number of benzene rings is 8. The molecule has 1 aliphatic rings. The van der Waals surface area contributed by atoms with Crippen LogP contribution in [0.3, 0.4) is 0 Å². The Bertz CT molecular complexity index is 7820. The first-order valence-corrected chi connectivity index (χ1v) is 44.5. The smallest absolute Gasteiger partial charge is 0.481 e. The Hall–Kier alpha value is -15.5. The minimum absolute atomic E-state index is 0. The maximum absolute atomic E-state index is 11.7. The van der Waals surface area contributed by atoms with Crippen LogP contribution >= 0.6 is 58.0 Å². The van der Waals surface area contributed by atoms with Crippen LogP contribution in [0.4, 0.5) is 0 Å². The number of aliphatic carboxylic acids is 1. The number of carbonyl (C=O) groups excluding carboxylic acids is 3. The predicted octanol–water partition coefficient (Wildman–Crippen LogP) is 25.9. The SMILES string of the molecule is CC(=O)O.CC1(C)OB(c2ccc3c(c2)c2ccccc2n2c(-c4ccccn4)c(-c4ccccn4)nc32)OC1(C)C.Clc1ccc(-c2nc(-c3ccccn3)c(-c3ccccn3)[nH]2)c(-c2ccccc2Cl)c1.Clc1ccc2c(c1)c1ccccc1n1c(-c3ccccn3)c(-c3ccccn3)nc21.N.O=C(C(=O)c1ccccn1)c1ccccn1.O=Cc1ccc(Cl)cc1-c1ccccc1Cl. The third-order valence-corrected chi connectivity index (χ3v) is 23.9. The van der Waals surface area contributed by atoms with Crippen molar-refractivity contribution in [2.75, 3.05) is 0 Å². The molecule has 668 valence electrons. The summed E-state index contributed by atoms with van der Waals surface area (Å²) in [4.78, 5) is 97.3. The third kappa shape index (κ3) is 20.1. The van der Waals surface area contributed by atoms with E-state index in [4.69, 9.17) is 97.2 Å². The molecular weight excluding hydrogens is 1810 g/mol. The molecule has 22 nitrogen and oxygen atoms in total. The maximum atomic E-state index is 11.7. The minimum Gasteiger partial charge on any atom is -0.481 e. The number of carboxylic acids is 1. The molecule has 1 fully saturated rings. The number of fused-ring (bicyclic) bond motifs is 12. The first-order chi connectivity index (χ1) is 65.6. The van der Waals surface area contributed by atoms with Crippen molar-refractivity contribution in [2.24, 2.45) is 0 Å². The van der Waals surface area contributed by atoms with Crippen molar-refractivity contribution in [1.29, 1.82) is 0 Å². The van der Waals surface area contributed by atoms with Crippen LogP contribution in [0, 0.1) is 0 Å². The minimum atomic E-state index is -0.833. The van der Waals surface area contributed by atoms with Crippen molar-refractivity contribution < 1.29 is 33.6 Å². The molecule has 1 aliphatic heterocycles. The van der Waals surface area contributed by atoms with Crippen molar-refractivity contribution in [1.82, 2.24) is 74.8 Å². The van der Waals surface area contributed by atoms with Gasteiger partial charge in [-0.15, -0.1) is 0 Å². The van der Waals surface area contributed by atoms with E-state index in [0.29, 0.717) is 36.5 Å². The molecule has 136 heavy (non-hydrogen) atoms. The summed E-state index contributed by atoms with van der Waals surface area (Å²) in [7, 11) is -0.438. The molecule has 0 saturated carbocycles. The summed E-state index contributed by atoms with van der Waals surface area (Å²) in [6.45, 7) is 9.40. The molecule has 1 saturated heterocycles. The van der Waals surface area contributed by atoms with Gasteiger partial charge in [0.05, 0.1) is 62.1 Å². The zero-order valence-corrected chi connectivity index (χ0v) is 77.4. The molecule has 28 heteroatoms. The van der Waals surface area contributed by atoms with Crippen LogP contribution < -0.4 is 11.6 Å². The predicted molar refractivity (Wildman–Crippen MR) is 543 cm³/mol. The first kappa shape index (κ1) is 93.7. The Morgan fingerprint density at radius 3 is 1.17 bits per heavy atom. The molecular formula is C108H81BCl5N15O7. The van der Waals surface area contributed by atoms with Gasteiger partial charge in [0.1, 0.15) is 57.0 Å². The van der Waals surface area contributed by atoms with Crippen molar-refractivity contribution in [3.63, 3.8) is 0 Å². The number of hydrogen-bond acceptors (Lipinski definition) is 18. The number of rotatable bonds is 14. The van der Waals surface area contributed by atoms with E-state index < -0.39 is 35.9 Å². The second-order valence-corrected chi connectivity index (χ2v) is 33.9. The van der Waals surface area contributed by atoms with E-state index in [2.05, 4.69) is 131 Å². The topological polar surface area (TPSA) is 308 Å². The van der Waals surface area contributed by atoms with Gasteiger partial charge in [0, 0.05) is 125 Å². The molecule has 0 atom stereocenters. The van der Waals surface area contributed by atoms with Crippen LogP contribution in [0.1, 0.15) is 66.0 Å². The van der Waals surface area contributed by atoms with Crippen molar-refractivity contribution in [3.8, 4) is 102 Å². The average molecular weight is 1890 g/mol. The summed E-state index contributed by atoms with van der Waals surface area (Å²) >= 11 is 31.2. The summed E-state index contributed by atoms with van der Waals surface area (Å²) in [5, 5.41) is 17.1. The fourth-order valence-electron chi connectivity index (χ4n) is 15.6. The second kappa shape index (κ2) is 41.7. The number of Topliss-reactive ketones (excluding diaryl/α,β-unsaturated/α-hetero) is 2. The molecule has 8 aromatic carbocycles. The number of carboxylic acid groups (broad SMARTS) is 1. The van der Waals surface area contributed by atoms with E-state index >= 15 is 0 Å². The zero-order chi connectivity index (χ0) is 93.9. The van der Waals surface area contributed by atoms with Crippen LogP contribution in [0.2, 0.25) is 25.1 Å². The number of para-hydroxylation sites is 2. The summed E-state index contributed by atoms with van der Waals surface area (Å²) < 4.78 is 17.2. The number of aromatic amines is 1. The number of aldehydes is 1. The van der Waals surface area contributed by atoms with Crippen molar-refractivity contribution >= 4 is 149 Å². The highest BCUT2D eigenvalue weighted by Gasteiger charge is 2.52. The van der Waals surface area contributed by atoms with Gasteiger partial charge in [-0.25, -0.2) is 15.0 Å². The number of nitrogens with one attached hydrogen (secondary N) is 1. The molecule has 14 heterocycles. The number of nitrogens with zero attached hydrogens (tertiary/aromatic N) is 13. The highest BCUT2D eigenvalue weighted by Crippen LogP contribution is 2.45. The molecule has 21 aromatic rings. The number of hydrogen-bond donors (Lipinski definition) is 3. The molecule has 13 aromatic heterocycles. The van der Waals surface area contributed by atoms with E-state index in [-0.39, 0.29) is 17.5 Å². The fraction of sp³-hybridized carbons (Fsp3) is 0.0648. The number of H-pyrrole nitrogens is 1. The maximum Gasteiger partial charge on any atom is 0.494 e. The standard InChI is InChI=1S/C31H27BN4O2.C25H16Cl2N4.C25H15ClN4.C13H8Cl2O.C12H8N2O2.C2H4O2.H3N/c1-30(2)31(3,4)38-32(37-30)20-15-16-22-23(19-20)21-11-5-6-14-26(21)36-28(25-13-8-10-18-34-25)27(35-29(22)36)24-12-7-9-17-33-24;26-16-11-12-18(19(15-16)17-7-1-2-8-20(17)27)25-30-23(21-9-3-5-13-28-21)24(31-25)22-10-4-6-14-29-22;26-16-11-12-18-19(15-16)17-7-1-2-10-22(17)30-24(21-9-4-6-14-28-21)23(29-25(18)30)20-8-3-5-13-27-20;14-10-6-5-9(8-16)12(7-10)11-3-1-2-4-13(11)15;15-11(9-5-1-3-7-13-9)12(16)10-6-2-4-8-14-10;1-2(3)4;/h5-19H,1-4H3;1-15H,(H,30,31);1-15H;2*1-8H;1H3,(H,3,4);1H3. The van der Waals surface area contributed by atoms with Crippen LogP contribution in [0.5, 0.6) is 0 Å². The summed E-state index contributed by atoms with van der Waals surface area (Å²) in [6.07, 6.45) is 14.5. The van der Waals surface area contributed by atoms with Crippen LogP contribution in [0.25, 0.3) is 157 Å².